The standard InChI is InChI=1S/C7H12F2N4O2S/c1-13-2-6(11-5-13)16(14,15)12-4-7(8,9)3-10/h2,5,12H,3-4,10H2,1H3. The number of nitrogens with two attached hydrogens (primary N) is 1. The number of hydrogen-bond acceptors (Lipinski definition) is 4. The number of aryl methyl sites for hydroxylation is 1. The van der Waals surface area contributed by atoms with Crippen molar-refractivity contribution in [2.45, 2.75) is 10.9 Å². The molecule has 1 rings (SSSR count). The van der Waals surface area contributed by atoms with Crippen molar-refractivity contribution in [3.63, 3.8) is 0 Å². The maximum atomic E-state index is 12.7. The van der Waals surface area contributed by atoms with Crippen LogP contribution < -0.4 is 10.5 Å². The number of nitrogens with zero attached hydrogens (tertiary/aromatic N) is 2. The van der Waals surface area contributed by atoms with E-state index in [0.29, 0.717) is 0 Å². The van der Waals surface area contributed by atoms with Crippen LogP contribution in [-0.2, 0) is 17.1 Å². The third-order valence-corrected chi connectivity index (χ3v) is 3.06. The molecule has 1 heterocycles. The van der Waals surface area contributed by atoms with Crippen molar-refractivity contribution in [3.8, 4) is 0 Å². The number of rotatable bonds is 5. The molecule has 92 valence electrons. The van der Waals surface area contributed by atoms with E-state index in [-0.39, 0.29) is 5.03 Å². The van der Waals surface area contributed by atoms with E-state index in [2.05, 4.69) is 4.98 Å². The minimum Gasteiger partial charge on any atom is -0.339 e. The van der Waals surface area contributed by atoms with E-state index >= 15 is 0 Å². The van der Waals surface area contributed by atoms with Crippen LogP contribution >= 0.6 is 0 Å². The Kier molecular flexibility index (Phi) is 3.61. The van der Waals surface area contributed by atoms with Gasteiger partial charge in [-0.25, -0.2) is 26.9 Å². The number of alkyl halides is 2. The van der Waals surface area contributed by atoms with Gasteiger partial charge in [0.25, 0.3) is 15.9 Å². The van der Waals surface area contributed by atoms with Gasteiger partial charge < -0.3 is 10.3 Å². The van der Waals surface area contributed by atoms with Gasteiger partial charge in [0.15, 0.2) is 5.03 Å². The minimum atomic E-state index is -4.00. The van der Waals surface area contributed by atoms with Gasteiger partial charge in [0, 0.05) is 13.2 Å². The molecule has 0 spiro atoms. The summed E-state index contributed by atoms with van der Waals surface area (Å²) in [6.07, 6.45) is 2.47. The first-order valence-electron chi connectivity index (χ1n) is 4.32. The van der Waals surface area contributed by atoms with Gasteiger partial charge >= 0.3 is 0 Å². The molecule has 0 saturated carbocycles. The predicted molar refractivity (Wildman–Crippen MR) is 52.4 cm³/mol. The van der Waals surface area contributed by atoms with Crippen LogP contribution in [0.3, 0.4) is 0 Å². The Bertz CT molecular complexity index is 457. The number of halogens is 2. The summed E-state index contributed by atoms with van der Waals surface area (Å²) in [5.41, 5.74) is 4.77. The van der Waals surface area contributed by atoms with Gasteiger partial charge in [-0.3, -0.25) is 0 Å². The lowest BCUT2D eigenvalue weighted by Gasteiger charge is -2.13. The molecule has 0 bridgehead atoms. The molecule has 0 aliphatic heterocycles. The lowest BCUT2D eigenvalue weighted by atomic mass is 10.3. The number of hydrogen-bond donors (Lipinski definition) is 2. The molecule has 0 aliphatic carbocycles. The van der Waals surface area contributed by atoms with E-state index in [4.69, 9.17) is 5.73 Å². The smallest absolute Gasteiger partial charge is 0.273 e. The molecule has 0 fully saturated rings. The zero-order chi connectivity index (χ0) is 12.4. The second kappa shape index (κ2) is 4.44. The maximum absolute atomic E-state index is 12.7. The third kappa shape index (κ3) is 3.22. The molecule has 0 saturated heterocycles. The highest BCUT2D eigenvalue weighted by atomic mass is 32.2. The second-order valence-corrected chi connectivity index (χ2v) is 4.98. The Morgan fingerprint density at radius 1 is 1.62 bits per heavy atom. The van der Waals surface area contributed by atoms with E-state index < -0.39 is 29.0 Å². The topological polar surface area (TPSA) is 90.0 Å². The van der Waals surface area contributed by atoms with Crippen LogP contribution in [0, 0.1) is 0 Å². The van der Waals surface area contributed by atoms with E-state index in [1.54, 1.807) is 11.8 Å². The molecule has 0 aromatic carbocycles. The SMILES string of the molecule is Cn1cnc(S(=O)(=O)NCC(F)(F)CN)c1. The lowest BCUT2D eigenvalue weighted by Crippen LogP contribution is -2.41. The molecule has 0 unspecified atom stereocenters. The molecule has 0 atom stereocenters. The zero-order valence-corrected chi connectivity index (χ0v) is 9.34. The fourth-order valence-corrected chi connectivity index (χ4v) is 1.91. The van der Waals surface area contributed by atoms with Gasteiger partial charge in [-0.05, 0) is 0 Å². The summed E-state index contributed by atoms with van der Waals surface area (Å²) in [5, 5.41) is -0.303. The monoisotopic (exact) mass is 254 g/mol. The molecule has 3 N–H and O–H groups in total. The summed E-state index contributed by atoms with van der Waals surface area (Å²) < 4.78 is 51.5. The first-order valence-corrected chi connectivity index (χ1v) is 5.81. The van der Waals surface area contributed by atoms with Crippen LogP contribution in [0.15, 0.2) is 17.6 Å². The van der Waals surface area contributed by atoms with Gasteiger partial charge in [0.1, 0.15) is 0 Å². The van der Waals surface area contributed by atoms with Crippen molar-refractivity contribution in [2.75, 3.05) is 13.1 Å². The average Bonchev–Trinajstić information content (AvgIpc) is 2.63. The molecule has 1 aromatic heterocycles. The van der Waals surface area contributed by atoms with E-state index in [1.165, 1.54) is 17.1 Å². The average molecular weight is 254 g/mol. The first-order chi connectivity index (χ1) is 7.27. The molecule has 1 aromatic rings. The Balaban J connectivity index is 2.74. The largest absolute Gasteiger partial charge is 0.339 e. The summed E-state index contributed by atoms with van der Waals surface area (Å²) in [6, 6.07) is 0. The van der Waals surface area contributed by atoms with Crippen molar-refractivity contribution in [1.29, 1.82) is 0 Å². The van der Waals surface area contributed by atoms with Crippen molar-refractivity contribution in [1.82, 2.24) is 14.3 Å². The van der Waals surface area contributed by atoms with Crippen LogP contribution in [0.1, 0.15) is 0 Å². The van der Waals surface area contributed by atoms with E-state index in [1.807, 2.05) is 0 Å². The van der Waals surface area contributed by atoms with Crippen LogP contribution in [-0.4, -0.2) is 37.0 Å². The molecule has 0 amide bonds. The summed E-state index contributed by atoms with van der Waals surface area (Å²) in [4.78, 5) is 3.55. The minimum absolute atomic E-state index is 0.303. The van der Waals surface area contributed by atoms with Crippen molar-refractivity contribution in [2.24, 2.45) is 12.8 Å². The van der Waals surface area contributed by atoms with Gasteiger partial charge in [-0.1, -0.05) is 0 Å². The zero-order valence-electron chi connectivity index (χ0n) is 8.52. The molecule has 0 radical (unpaired) electrons. The van der Waals surface area contributed by atoms with Crippen molar-refractivity contribution >= 4 is 10.0 Å². The van der Waals surface area contributed by atoms with Crippen molar-refractivity contribution in [3.05, 3.63) is 12.5 Å². The quantitative estimate of drug-likeness (QED) is 0.726. The molecule has 0 aliphatic rings. The molecular weight excluding hydrogens is 242 g/mol. The first kappa shape index (κ1) is 13.0. The van der Waals surface area contributed by atoms with Crippen LogP contribution in [0.25, 0.3) is 0 Å². The predicted octanol–water partition coefficient (Wildman–Crippen LogP) is -0.708. The van der Waals surface area contributed by atoms with E-state index in [9.17, 15) is 17.2 Å². The normalized spacial score (nSPS) is 13.0. The Labute approximate surface area is 91.5 Å². The lowest BCUT2D eigenvalue weighted by molar-refractivity contribution is 0.0170. The Hall–Kier alpha value is -1.06. The highest BCUT2D eigenvalue weighted by Gasteiger charge is 2.29. The van der Waals surface area contributed by atoms with Crippen LogP contribution in [0.4, 0.5) is 8.78 Å². The van der Waals surface area contributed by atoms with Crippen molar-refractivity contribution < 1.29 is 17.2 Å². The Morgan fingerprint density at radius 2 is 2.25 bits per heavy atom. The third-order valence-electron chi connectivity index (χ3n) is 1.78. The highest BCUT2D eigenvalue weighted by molar-refractivity contribution is 7.89. The molecule has 9 heteroatoms. The molecule has 6 nitrogen and oxygen atoms in total. The number of sulfonamides is 1. The molecular formula is C7H12F2N4O2S. The summed E-state index contributed by atoms with van der Waals surface area (Å²) in [7, 11) is -2.43. The fourth-order valence-electron chi connectivity index (χ4n) is 0.874. The highest BCUT2D eigenvalue weighted by Crippen LogP contribution is 2.11. The number of nitrogens with one attached hydrogen (secondary N) is 1. The molecule has 16 heavy (non-hydrogen) atoms. The number of aromatic nitrogens is 2. The maximum Gasteiger partial charge on any atom is 0.273 e. The van der Waals surface area contributed by atoms with Gasteiger partial charge in [0.2, 0.25) is 0 Å². The Morgan fingerprint density at radius 3 is 2.69 bits per heavy atom. The number of imidazole rings is 1. The van der Waals surface area contributed by atoms with Gasteiger partial charge in [-0.2, -0.15) is 0 Å². The fraction of sp³-hybridized carbons (Fsp3) is 0.571. The summed E-state index contributed by atoms with van der Waals surface area (Å²) in [5.74, 6) is -3.26. The van der Waals surface area contributed by atoms with Gasteiger partial charge in [0.05, 0.1) is 19.4 Å². The van der Waals surface area contributed by atoms with Crippen LogP contribution in [0.5, 0.6) is 0 Å². The summed E-state index contributed by atoms with van der Waals surface area (Å²) in [6.45, 7) is -1.96. The van der Waals surface area contributed by atoms with E-state index in [0.717, 1.165) is 0 Å². The summed E-state index contributed by atoms with van der Waals surface area (Å²) >= 11 is 0. The van der Waals surface area contributed by atoms with Crippen LogP contribution in [0.2, 0.25) is 0 Å². The second-order valence-electron chi connectivity index (χ2n) is 3.26. The van der Waals surface area contributed by atoms with Gasteiger partial charge in [-0.15, -0.1) is 0 Å².